The van der Waals surface area contributed by atoms with Gasteiger partial charge in [0, 0.05) is 30.3 Å². The second-order valence-corrected chi connectivity index (χ2v) is 8.85. The SMILES string of the molecule is [C-]#[N+]C(CC)(CC)c1nccc(COc2nc(N)nc(-c3ccc(F)cc3)c2-c2cc(C)nc(C(F)F)c2)n1. The molecule has 1 aromatic carbocycles. The van der Waals surface area contributed by atoms with Crippen LogP contribution in [0.25, 0.3) is 27.2 Å². The first kappa shape index (κ1) is 27.4. The van der Waals surface area contributed by atoms with Crippen LogP contribution in [0.1, 0.15) is 56.0 Å². The zero-order chi connectivity index (χ0) is 28.2. The maximum atomic E-state index is 13.7. The molecule has 11 heteroatoms. The molecular weight excluding hydrogens is 507 g/mol. The molecule has 8 nitrogen and oxygen atoms in total. The number of nitrogen functional groups attached to an aromatic ring is 1. The van der Waals surface area contributed by atoms with E-state index < -0.39 is 23.5 Å². The first-order chi connectivity index (χ1) is 18.7. The van der Waals surface area contributed by atoms with Gasteiger partial charge in [0.25, 0.3) is 12.0 Å². The summed E-state index contributed by atoms with van der Waals surface area (Å²) in [6.45, 7) is 13.0. The maximum absolute atomic E-state index is 13.7. The topological polar surface area (TPSA) is 104 Å². The highest BCUT2D eigenvalue weighted by atomic mass is 19.3. The predicted octanol–water partition coefficient (Wildman–Crippen LogP) is 6.48. The van der Waals surface area contributed by atoms with E-state index in [1.165, 1.54) is 30.3 Å². The molecule has 0 aliphatic rings. The van der Waals surface area contributed by atoms with Crippen molar-refractivity contribution in [2.45, 2.75) is 52.2 Å². The number of halogens is 3. The van der Waals surface area contributed by atoms with E-state index in [0.29, 0.717) is 41.2 Å². The molecule has 3 aromatic heterocycles. The molecular formula is C28H26F3N7O. The van der Waals surface area contributed by atoms with Gasteiger partial charge in [0.15, 0.2) is 0 Å². The number of anilines is 1. The molecule has 4 rings (SSSR count). The second kappa shape index (κ2) is 11.4. The van der Waals surface area contributed by atoms with Crippen molar-refractivity contribution < 1.29 is 17.9 Å². The van der Waals surface area contributed by atoms with Gasteiger partial charge in [-0.2, -0.15) is 4.98 Å². The summed E-state index contributed by atoms with van der Waals surface area (Å²) in [5.74, 6) is -0.160. The fourth-order valence-electron chi connectivity index (χ4n) is 4.21. The van der Waals surface area contributed by atoms with Gasteiger partial charge < -0.3 is 15.3 Å². The Balaban J connectivity index is 1.83. The first-order valence-electron chi connectivity index (χ1n) is 12.2. The number of hydrogen-bond acceptors (Lipinski definition) is 7. The van der Waals surface area contributed by atoms with Crippen LogP contribution in [0.15, 0.2) is 48.7 Å². The van der Waals surface area contributed by atoms with Crippen LogP contribution in [-0.4, -0.2) is 24.9 Å². The molecule has 0 radical (unpaired) electrons. The largest absolute Gasteiger partial charge is 0.471 e. The van der Waals surface area contributed by atoms with Gasteiger partial charge in [-0.1, -0.05) is 13.8 Å². The van der Waals surface area contributed by atoms with Crippen LogP contribution in [0.3, 0.4) is 0 Å². The highest BCUT2D eigenvalue weighted by Crippen LogP contribution is 2.39. The minimum atomic E-state index is -2.81. The zero-order valence-electron chi connectivity index (χ0n) is 21.6. The molecule has 4 aromatic rings. The van der Waals surface area contributed by atoms with Gasteiger partial charge in [-0.15, -0.1) is 0 Å². The van der Waals surface area contributed by atoms with Crippen LogP contribution in [0.2, 0.25) is 0 Å². The maximum Gasteiger partial charge on any atom is 0.290 e. The monoisotopic (exact) mass is 533 g/mol. The van der Waals surface area contributed by atoms with E-state index in [4.69, 9.17) is 17.0 Å². The Hall–Kier alpha value is -4.59. The van der Waals surface area contributed by atoms with Crippen LogP contribution in [0, 0.1) is 19.3 Å². The average molecular weight is 534 g/mol. The number of hydrogen-bond donors (Lipinski definition) is 1. The molecule has 0 fully saturated rings. The first-order valence-corrected chi connectivity index (χ1v) is 12.2. The zero-order valence-corrected chi connectivity index (χ0v) is 21.6. The van der Waals surface area contributed by atoms with Crippen LogP contribution >= 0.6 is 0 Å². The fraction of sp³-hybridized carbons (Fsp3) is 0.286. The molecule has 0 aliphatic heterocycles. The summed E-state index contributed by atoms with van der Waals surface area (Å²) in [5, 5.41) is 0. The Bertz CT molecular complexity index is 1520. The number of nitrogens with zero attached hydrogens (tertiary/aromatic N) is 6. The molecule has 0 saturated carbocycles. The number of ether oxygens (including phenoxy) is 1. The van der Waals surface area contributed by atoms with Gasteiger partial charge in [0.05, 0.1) is 17.0 Å². The van der Waals surface area contributed by atoms with Crippen LogP contribution in [-0.2, 0) is 12.1 Å². The van der Waals surface area contributed by atoms with Crippen molar-refractivity contribution in [1.29, 1.82) is 0 Å². The van der Waals surface area contributed by atoms with E-state index in [1.807, 2.05) is 13.8 Å². The van der Waals surface area contributed by atoms with E-state index in [-0.39, 0.29) is 29.7 Å². The summed E-state index contributed by atoms with van der Waals surface area (Å²) < 4.78 is 47.0. The molecule has 0 atom stereocenters. The van der Waals surface area contributed by atoms with E-state index in [2.05, 4.69) is 29.8 Å². The fourth-order valence-corrected chi connectivity index (χ4v) is 4.21. The molecule has 39 heavy (non-hydrogen) atoms. The number of alkyl halides is 2. The number of nitrogens with two attached hydrogens (primary N) is 1. The molecule has 0 aliphatic carbocycles. The molecule has 0 spiro atoms. The summed E-state index contributed by atoms with van der Waals surface area (Å²) in [7, 11) is 0. The summed E-state index contributed by atoms with van der Waals surface area (Å²) in [6.07, 6.45) is -0.166. The van der Waals surface area contributed by atoms with Crippen LogP contribution in [0.5, 0.6) is 5.88 Å². The normalized spacial score (nSPS) is 11.4. The lowest BCUT2D eigenvalue weighted by atomic mass is 9.93. The molecule has 3 heterocycles. The van der Waals surface area contributed by atoms with Crippen molar-refractivity contribution in [3.8, 4) is 28.3 Å². The molecule has 2 N–H and O–H groups in total. The quantitative estimate of drug-likeness (QED) is 0.246. The third-order valence-corrected chi connectivity index (χ3v) is 6.37. The van der Waals surface area contributed by atoms with E-state index >= 15 is 0 Å². The van der Waals surface area contributed by atoms with Gasteiger partial charge in [-0.25, -0.2) is 34.7 Å². The lowest BCUT2D eigenvalue weighted by Crippen LogP contribution is -2.23. The van der Waals surface area contributed by atoms with Crippen molar-refractivity contribution in [1.82, 2.24) is 24.9 Å². The van der Waals surface area contributed by atoms with E-state index in [0.717, 1.165) is 0 Å². The van der Waals surface area contributed by atoms with Gasteiger partial charge in [0.2, 0.25) is 17.7 Å². The van der Waals surface area contributed by atoms with Gasteiger partial charge in [-0.05, 0) is 55.0 Å². The average Bonchev–Trinajstić information content (AvgIpc) is 2.93. The summed E-state index contributed by atoms with van der Waals surface area (Å²) >= 11 is 0. The Labute approximate surface area is 224 Å². The number of aryl methyl sites for hydroxylation is 1. The Kier molecular flexibility index (Phi) is 8.04. The molecule has 200 valence electrons. The smallest absolute Gasteiger partial charge is 0.290 e. The lowest BCUT2D eigenvalue weighted by Gasteiger charge is -2.18. The summed E-state index contributed by atoms with van der Waals surface area (Å²) in [6, 6.07) is 10.0. The minimum absolute atomic E-state index is 0.0234. The Morgan fingerprint density at radius 3 is 2.36 bits per heavy atom. The minimum Gasteiger partial charge on any atom is -0.471 e. The lowest BCUT2D eigenvalue weighted by molar-refractivity contribution is 0.146. The summed E-state index contributed by atoms with van der Waals surface area (Å²) in [5.41, 5.74) is 6.96. The van der Waals surface area contributed by atoms with Crippen LogP contribution in [0.4, 0.5) is 19.1 Å². The summed E-state index contributed by atoms with van der Waals surface area (Å²) in [4.78, 5) is 25.2. The van der Waals surface area contributed by atoms with Crippen molar-refractivity contribution in [3.63, 3.8) is 0 Å². The van der Waals surface area contributed by atoms with E-state index in [1.54, 1.807) is 25.3 Å². The highest BCUT2D eigenvalue weighted by Gasteiger charge is 2.38. The van der Waals surface area contributed by atoms with Crippen molar-refractivity contribution in [2.75, 3.05) is 5.73 Å². The van der Waals surface area contributed by atoms with Gasteiger partial charge in [-0.3, -0.25) is 4.98 Å². The Morgan fingerprint density at radius 2 is 1.72 bits per heavy atom. The van der Waals surface area contributed by atoms with Crippen LogP contribution < -0.4 is 10.5 Å². The molecule has 0 saturated heterocycles. The van der Waals surface area contributed by atoms with Crippen molar-refractivity contribution >= 4 is 5.95 Å². The van der Waals surface area contributed by atoms with Crippen molar-refractivity contribution in [3.05, 3.63) is 88.8 Å². The predicted molar refractivity (Wildman–Crippen MR) is 140 cm³/mol. The van der Waals surface area contributed by atoms with Crippen molar-refractivity contribution in [2.24, 2.45) is 0 Å². The highest BCUT2D eigenvalue weighted by molar-refractivity contribution is 5.85. The second-order valence-electron chi connectivity index (χ2n) is 8.85. The molecule has 0 amide bonds. The number of pyridine rings is 1. The van der Waals surface area contributed by atoms with Gasteiger partial charge in [0.1, 0.15) is 18.1 Å². The Morgan fingerprint density at radius 1 is 1.00 bits per heavy atom. The third-order valence-electron chi connectivity index (χ3n) is 6.37. The van der Waals surface area contributed by atoms with Gasteiger partial charge >= 0.3 is 0 Å². The third kappa shape index (κ3) is 5.80. The standard InChI is InChI=1S/C28H26F3N7O/c1-5-28(6-2,33-4)26-34-12-11-20(36-26)15-39-25-22(18-13-16(3)35-21(14-18)24(30)31)23(37-27(32)38-25)17-7-9-19(29)10-8-17/h7-14,24H,5-6,15H2,1-3H3,(H2,32,37,38). The van der Waals surface area contributed by atoms with E-state index in [9.17, 15) is 13.2 Å². The number of benzene rings is 1. The number of rotatable bonds is 9. The molecule has 0 unspecified atom stereocenters. The molecule has 0 bridgehead atoms. The number of aromatic nitrogens is 5.